The van der Waals surface area contributed by atoms with Gasteiger partial charge in [-0.3, -0.25) is 19.4 Å². The van der Waals surface area contributed by atoms with E-state index in [-0.39, 0.29) is 11.8 Å². The van der Waals surface area contributed by atoms with Gasteiger partial charge in [0.15, 0.2) is 0 Å². The molecule has 0 atom stereocenters. The highest BCUT2D eigenvalue weighted by atomic mass is 32.1. The van der Waals surface area contributed by atoms with Crippen molar-refractivity contribution in [2.45, 2.75) is 6.54 Å². The zero-order valence-corrected chi connectivity index (χ0v) is 14.9. The summed E-state index contributed by atoms with van der Waals surface area (Å²) in [4.78, 5) is 29.1. The van der Waals surface area contributed by atoms with Crippen LogP contribution in [-0.2, 0) is 20.9 Å². The van der Waals surface area contributed by atoms with Gasteiger partial charge in [-0.2, -0.15) is 0 Å². The topological polar surface area (TPSA) is 73.9 Å². The summed E-state index contributed by atoms with van der Waals surface area (Å²) in [5.41, 5.74) is 0. The third-order valence-corrected chi connectivity index (χ3v) is 4.74. The first-order valence-corrected chi connectivity index (χ1v) is 9.05. The van der Waals surface area contributed by atoms with Gasteiger partial charge in [0, 0.05) is 44.7 Å². The number of rotatable bonds is 9. The van der Waals surface area contributed by atoms with Crippen LogP contribution in [0.4, 0.5) is 0 Å². The molecule has 1 aromatic heterocycles. The van der Waals surface area contributed by atoms with Gasteiger partial charge in [-0.1, -0.05) is 6.07 Å². The minimum absolute atomic E-state index is 0.0224. The van der Waals surface area contributed by atoms with Crippen LogP contribution in [0.2, 0.25) is 0 Å². The van der Waals surface area contributed by atoms with Crippen molar-refractivity contribution in [3.05, 3.63) is 22.4 Å². The van der Waals surface area contributed by atoms with E-state index in [1.54, 1.807) is 18.4 Å². The van der Waals surface area contributed by atoms with Crippen LogP contribution in [0, 0.1) is 0 Å². The molecule has 2 N–H and O–H groups in total. The average Bonchev–Trinajstić information content (AvgIpc) is 3.08. The van der Waals surface area contributed by atoms with Gasteiger partial charge in [0.2, 0.25) is 11.8 Å². The van der Waals surface area contributed by atoms with Gasteiger partial charge in [0.1, 0.15) is 0 Å². The number of carbonyl (C=O) groups is 2. The van der Waals surface area contributed by atoms with Crippen LogP contribution in [0.3, 0.4) is 0 Å². The van der Waals surface area contributed by atoms with Crippen molar-refractivity contribution in [1.82, 2.24) is 20.4 Å². The number of hydrogen-bond acceptors (Lipinski definition) is 6. The molecule has 0 unspecified atom stereocenters. The Hall–Kier alpha value is -1.48. The second-order valence-electron chi connectivity index (χ2n) is 5.75. The Morgan fingerprint density at radius 2 is 1.75 bits per heavy atom. The highest BCUT2D eigenvalue weighted by Gasteiger charge is 2.20. The van der Waals surface area contributed by atoms with E-state index in [1.807, 2.05) is 17.5 Å². The van der Waals surface area contributed by atoms with Crippen LogP contribution in [0.5, 0.6) is 0 Å². The molecule has 1 aliphatic rings. The van der Waals surface area contributed by atoms with E-state index in [9.17, 15) is 9.59 Å². The number of ether oxygens (including phenoxy) is 1. The molecule has 134 valence electrons. The van der Waals surface area contributed by atoms with E-state index in [1.165, 1.54) is 0 Å². The van der Waals surface area contributed by atoms with Gasteiger partial charge in [0.05, 0.1) is 26.2 Å². The van der Waals surface area contributed by atoms with Crippen LogP contribution in [0.25, 0.3) is 0 Å². The largest absolute Gasteiger partial charge is 0.383 e. The molecule has 2 heterocycles. The van der Waals surface area contributed by atoms with Gasteiger partial charge < -0.3 is 15.4 Å². The standard InChI is InChI=1S/C16H26N4O3S/c1-23-9-4-17-15(21)12-19-5-7-20(8-6-19)13-16(22)18-11-14-3-2-10-24-14/h2-3,10H,4-9,11-13H2,1H3,(H,17,21)(H,18,22). The molecule has 0 saturated carbocycles. The number of carbonyl (C=O) groups excluding carboxylic acids is 2. The molecular weight excluding hydrogens is 328 g/mol. The second-order valence-corrected chi connectivity index (χ2v) is 6.78. The maximum absolute atomic E-state index is 12.0. The third kappa shape index (κ3) is 6.96. The fourth-order valence-electron chi connectivity index (χ4n) is 2.51. The van der Waals surface area contributed by atoms with Crippen molar-refractivity contribution >= 4 is 23.2 Å². The van der Waals surface area contributed by atoms with Crippen molar-refractivity contribution in [2.24, 2.45) is 0 Å². The van der Waals surface area contributed by atoms with Gasteiger partial charge in [-0.15, -0.1) is 11.3 Å². The molecule has 2 rings (SSSR count). The van der Waals surface area contributed by atoms with Gasteiger partial charge in [-0.25, -0.2) is 0 Å². The molecule has 1 fully saturated rings. The highest BCUT2D eigenvalue weighted by molar-refractivity contribution is 7.09. The lowest BCUT2D eigenvalue weighted by atomic mass is 10.3. The van der Waals surface area contributed by atoms with Crippen molar-refractivity contribution in [1.29, 1.82) is 0 Å². The lowest BCUT2D eigenvalue weighted by molar-refractivity contribution is -0.125. The van der Waals surface area contributed by atoms with E-state index in [4.69, 9.17) is 4.74 Å². The first kappa shape index (κ1) is 18.9. The summed E-state index contributed by atoms with van der Waals surface area (Å²) in [6.07, 6.45) is 0. The van der Waals surface area contributed by atoms with Gasteiger partial charge in [-0.05, 0) is 11.4 Å². The summed E-state index contributed by atoms with van der Waals surface area (Å²) < 4.78 is 4.90. The summed E-state index contributed by atoms with van der Waals surface area (Å²) in [7, 11) is 1.61. The Labute approximate surface area is 147 Å². The van der Waals surface area contributed by atoms with Crippen molar-refractivity contribution in [3.63, 3.8) is 0 Å². The average molecular weight is 354 g/mol. The molecule has 1 saturated heterocycles. The van der Waals surface area contributed by atoms with Crippen molar-refractivity contribution < 1.29 is 14.3 Å². The monoisotopic (exact) mass is 354 g/mol. The molecule has 2 amide bonds. The molecule has 0 spiro atoms. The van der Waals surface area contributed by atoms with E-state index in [0.717, 1.165) is 31.1 Å². The number of hydrogen-bond donors (Lipinski definition) is 2. The number of methoxy groups -OCH3 is 1. The Morgan fingerprint density at radius 3 is 2.29 bits per heavy atom. The molecule has 0 bridgehead atoms. The minimum Gasteiger partial charge on any atom is -0.383 e. The van der Waals surface area contributed by atoms with Crippen molar-refractivity contribution in [3.8, 4) is 0 Å². The summed E-state index contributed by atoms with van der Waals surface area (Å²) in [5, 5.41) is 7.77. The first-order chi connectivity index (χ1) is 11.7. The van der Waals surface area contributed by atoms with E-state index in [0.29, 0.717) is 32.8 Å². The van der Waals surface area contributed by atoms with E-state index in [2.05, 4.69) is 20.4 Å². The van der Waals surface area contributed by atoms with E-state index >= 15 is 0 Å². The molecule has 0 aliphatic carbocycles. The van der Waals surface area contributed by atoms with E-state index < -0.39 is 0 Å². The second kappa shape index (κ2) is 10.4. The normalized spacial score (nSPS) is 16.0. The maximum atomic E-state index is 12.0. The molecule has 1 aliphatic heterocycles. The summed E-state index contributed by atoms with van der Waals surface area (Å²) in [6.45, 7) is 5.70. The van der Waals surface area contributed by atoms with Crippen molar-refractivity contribution in [2.75, 3.05) is 59.5 Å². The highest BCUT2D eigenvalue weighted by Crippen LogP contribution is 2.07. The molecule has 0 radical (unpaired) electrons. The lowest BCUT2D eigenvalue weighted by Gasteiger charge is -2.33. The maximum Gasteiger partial charge on any atom is 0.234 e. The Kier molecular flexibility index (Phi) is 8.17. The number of nitrogens with zero attached hydrogens (tertiary/aromatic N) is 2. The predicted molar refractivity (Wildman–Crippen MR) is 93.9 cm³/mol. The zero-order chi connectivity index (χ0) is 17.2. The SMILES string of the molecule is COCCNC(=O)CN1CCN(CC(=O)NCc2cccs2)CC1. The summed E-state index contributed by atoms with van der Waals surface area (Å²) >= 11 is 1.64. The first-order valence-electron chi connectivity index (χ1n) is 8.17. The Morgan fingerprint density at radius 1 is 1.12 bits per heavy atom. The van der Waals surface area contributed by atoms with Crippen LogP contribution >= 0.6 is 11.3 Å². The van der Waals surface area contributed by atoms with Crippen LogP contribution < -0.4 is 10.6 Å². The zero-order valence-electron chi connectivity index (χ0n) is 14.1. The van der Waals surface area contributed by atoms with Crippen LogP contribution in [0.15, 0.2) is 17.5 Å². The third-order valence-electron chi connectivity index (χ3n) is 3.87. The van der Waals surface area contributed by atoms with Gasteiger partial charge in [0.25, 0.3) is 0 Å². The quantitative estimate of drug-likeness (QED) is 0.598. The summed E-state index contributed by atoms with van der Waals surface area (Å²) in [5.74, 6) is 0.0725. The lowest BCUT2D eigenvalue weighted by Crippen LogP contribution is -2.51. The Bertz CT molecular complexity index is 501. The molecule has 8 heteroatoms. The minimum atomic E-state index is 0.0224. The molecule has 7 nitrogen and oxygen atoms in total. The van der Waals surface area contributed by atoms with Crippen LogP contribution in [0.1, 0.15) is 4.88 Å². The van der Waals surface area contributed by atoms with Gasteiger partial charge >= 0.3 is 0 Å². The molecule has 24 heavy (non-hydrogen) atoms. The number of thiophene rings is 1. The predicted octanol–water partition coefficient (Wildman–Crippen LogP) is -0.255. The fraction of sp³-hybridized carbons (Fsp3) is 0.625. The molecule has 1 aromatic rings. The Balaban J connectivity index is 1.58. The molecular formula is C16H26N4O3S. The number of nitrogens with one attached hydrogen (secondary N) is 2. The number of piperazine rings is 1. The summed E-state index contributed by atoms with van der Waals surface area (Å²) in [6, 6.07) is 4.00. The number of amides is 2. The van der Waals surface area contributed by atoms with Crippen LogP contribution in [-0.4, -0.2) is 81.1 Å². The smallest absolute Gasteiger partial charge is 0.234 e. The fourth-order valence-corrected chi connectivity index (χ4v) is 3.16. The molecule has 0 aromatic carbocycles.